The van der Waals surface area contributed by atoms with Crippen molar-refractivity contribution in [3.05, 3.63) is 53.8 Å². The van der Waals surface area contributed by atoms with E-state index in [1.54, 1.807) is 7.05 Å². The van der Waals surface area contributed by atoms with Gasteiger partial charge < -0.3 is 14.1 Å². The van der Waals surface area contributed by atoms with Gasteiger partial charge in [0, 0.05) is 26.7 Å². The molecule has 2 heterocycles. The normalized spacial score (nSPS) is 15.9. The van der Waals surface area contributed by atoms with Crippen LogP contribution in [0.25, 0.3) is 0 Å². The molecule has 0 aliphatic carbocycles. The van der Waals surface area contributed by atoms with Crippen molar-refractivity contribution in [2.45, 2.75) is 11.6 Å². The van der Waals surface area contributed by atoms with E-state index in [1.807, 2.05) is 30.3 Å². The quantitative estimate of drug-likeness (QED) is 0.805. The number of rotatable bonds is 5. The van der Waals surface area contributed by atoms with Gasteiger partial charge in [0.1, 0.15) is 0 Å². The van der Waals surface area contributed by atoms with Crippen molar-refractivity contribution in [1.29, 1.82) is 0 Å². The molecule has 0 atom stereocenters. The van der Waals surface area contributed by atoms with Gasteiger partial charge in [-0.05, 0) is 17.7 Å². The van der Waals surface area contributed by atoms with Gasteiger partial charge in [0.05, 0.1) is 13.2 Å². The molecule has 1 aliphatic rings. The third kappa shape index (κ3) is 3.92. The van der Waals surface area contributed by atoms with E-state index in [1.165, 1.54) is 21.3 Å². The summed E-state index contributed by atoms with van der Waals surface area (Å²) in [4.78, 5) is 14.0. The molecular weight excluding hydrogens is 344 g/mol. The summed E-state index contributed by atoms with van der Waals surface area (Å²) in [5, 5.41) is -0.217. The van der Waals surface area contributed by atoms with Gasteiger partial charge in [0.15, 0.2) is 5.76 Å². The Morgan fingerprint density at radius 2 is 1.80 bits per heavy atom. The Labute approximate surface area is 146 Å². The molecule has 1 saturated heterocycles. The molecule has 134 valence electrons. The Morgan fingerprint density at radius 1 is 1.12 bits per heavy atom. The van der Waals surface area contributed by atoms with Crippen molar-refractivity contribution >= 4 is 15.9 Å². The summed E-state index contributed by atoms with van der Waals surface area (Å²) >= 11 is 0. The fraction of sp³-hybridized carbons (Fsp3) is 0.353. The summed E-state index contributed by atoms with van der Waals surface area (Å²) in [6.45, 7) is 1.67. The van der Waals surface area contributed by atoms with Gasteiger partial charge in [0.2, 0.25) is 5.09 Å². The van der Waals surface area contributed by atoms with E-state index in [4.69, 9.17) is 9.15 Å². The van der Waals surface area contributed by atoms with Gasteiger partial charge >= 0.3 is 0 Å². The van der Waals surface area contributed by atoms with Crippen molar-refractivity contribution < 1.29 is 22.4 Å². The smallest absolute Gasteiger partial charge is 0.289 e. The maximum absolute atomic E-state index is 12.5. The molecule has 1 aromatic carbocycles. The molecule has 1 aromatic heterocycles. The molecule has 0 radical (unpaired) electrons. The lowest BCUT2D eigenvalue weighted by Gasteiger charge is -2.24. The van der Waals surface area contributed by atoms with Gasteiger partial charge in [0.25, 0.3) is 15.9 Å². The molecule has 0 bridgehead atoms. The monoisotopic (exact) mass is 364 g/mol. The van der Waals surface area contributed by atoms with Crippen LogP contribution in [0, 0.1) is 0 Å². The van der Waals surface area contributed by atoms with Crippen LogP contribution in [-0.4, -0.2) is 56.9 Å². The lowest BCUT2D eigenvalue weighted by molar-refractivity contribution is 0.0713. The average Bonchev–Trinajstić information content (AvgIpc) is 3.13. The molecule has 1 amide bonds. The zero-order valence-electron chi connectivity index (χ0n) is 13.9. The van der Waals surface area contributed by atoms with Gasteiger partial charge in [-0.25, -0.2) is 8.42 Å². The maximum atomic E-state index is 12.5. The molecule has 3 rings (SSSR count). The number of sulfonamides is 1. The third-order valence-electron chi connectivity index (χ3n) is 3.97. The molecular formula is C17H20N2O5S. The van der Waals surface area contributed by atoms with Gasteiger partial charge in [-0.15, -0.1) is 0 Å². The first-order valence-corrected chi connectivity index (χ1v) is 9.39. The number of carbonyl (C=O) groups excluding carboxylic acids is 1. The van der Waals surface area contributed by atoms with Crippen molar-refractivity contribution in [2.24, 2.45) is 0 Å². The van der Waals surface area contributed by atoms with Crippen LogP contribution in [0.3, 0.4) is 0 Å². The van der Waals surface area contributed by atoms with Crippen molar-refractivity contribution in [2.75, 3.05) is 33.4 Å². The predicted molar refractivity (Wildman–Crippen MR) is 90.5 cm³/mol. The van der Waals surface area contributed by atoms with Crippen molar-refractivity contribution in [3.63, 3.8) is 0 Å². The number of hydrogen-bond donors (Lipinski definition) is 0. The third-order valence-corrected chi connectivity index (χ3v) is 5.74. The van der Waals surface area contributed by atoms with E-state index in [0.29, 0.717) is 19.8 Å². The average molecular weight is 364 g/mol. The van der Waals surface area contributed by atoms with Crippen LogP contribution in [0.5, 0.6) is 0 Å². The van der Waals surface area contributed by atoms with Crippen LogP contribution < -0.4 is 0 Å². The van der Waals surface area contributed by atoms with E-state index in [-0.39, 0.29) is 29.8 Å². The van der Waals surface area contributed by atoms with Crippen LogP contribution in [0.2, 0.25) is 0 Å². The van der Waals surface area contributed by atoms with Crippen LogP contribution in [-0.2, 0) is 21.3 Å². The van der Waals surface area contributed by atoms with E-state index in [9.17, 15) is 13.2 Å². The number of hydrogen-bond acceptors (Lipinski definition) is 5. The molecule has 0 spiro atoms. The zero-order chi connectivity index (χ0) is 17.9. The number of benzene rings is 1. The summed E-state index contributed by atoms with van der Waals surface area (Å²) in [5.41, 5.74) is 0.978. The topological polar surface area (TPSA) is 80.1 Å². The van der Waals surface area contributed by atoms with Gasteiger partial charge in [-0.1, -0.05) is 30.3 Å². The Hall–Kier alpha value is -2.16. The number of furan rings is 1. The minimum absolute atomic E-state index is 0.00488. The van der Waals surface area contributed by atoms with Gasteiger partial charge in [-0.3, -0.25) is 4.79 Å². The van der Waals surface area contributed by atoms with Crippen LogP contribution in [0.15, 0.2) is 52.0 Å². The molecule has 1 aliphatic heterocycles. The zero-order valence-corrected chi connectivity index (χ0v) is 14.7. The molecule has 1 fully saturated rings. The van der Waals surface area contributed by atoms with E-state index >= 15 is 0 Å². The molecule has 2 aromatic rings. The minimum Gasteiger partial charge on any atom is -0.438 e. The fourth-order valence-electron chi connectivity index (χ4n) is 2.61. The molecule has 0 N–H and O–H groups in total. The minimum atomic E-state index is -3.74. The van der Waals surface area contributed by atoms with Crippen LogP contribution in [0.4, 0.5) is 0 Å². The number of amides is 1. The number of nitrogens with zero attached hydrogens (tertiary/aromatic N) is 2. The predicted octanol–water partition coefficient (Wildman–Crippen LogP) is 1.57. The number of carbonyl (C=O) groups is 1. The van der Waals surface area contributed by atoms with Crippen molar-refractivity contribution in [3.8, 4) is 0 Å². The lowest BCUT2D eigenvalue weighted by atomic mass is 10.2. The lowest BCUT2D eigenvalue weighted by Crippen LogP contribution is -2.40. The molecule has 0 saturated carbocycles. The Morgan fingerprint density at radius 3 is 2.48 bits per heavy atom. The maximum Gasteiger partial charge on any atom is 0.289 e. The van der Waals surface area contributed by atoms with Crippen LogP contribution in [0.1, 0.15) is 16.1 Å². The second kappa shape index (κ2) is 7.38. The van der Waals surface area contributed by atoms with Gasteiger partial charge in [-0.2, -0.15) is 4.31 Å². The highest BCUT2D eigenvalue weighted by Gasteiger charge is 2.30. The first-order chi connectivity index (χ1) is 12.0. The first-order valence-electron chi connectivity index (χ1n) is 7.95. The Balaban J connectivity index is 1.73. The first kappa shape index (κ1) is 17.7. The molecule has 0 unspecified atom stereocenters. The molecule has 25 heavy (non-hydrogen) atoms. The summed E-state index contributed by atoms with van der Waals surface area (Å²) in [6, 6.07) is 12.3. The SMILES string of the molecule is CN(Cc1ccccc1)C(=O)c1ccc(S(=O)(=O)N2CCOCC2)o1. The highest BCUT2D eigenvalue weighted by Crippen LogP contribution is 2.21. The summed E-state index contributed by atoms with van der Waals surface area (Å²) < 4.78 is 36.9. The second-order valence-corrected chi connectivity index (χ2v) is 7.65. The number of ether oxygens (including phenoxy) is 1. The highest BCUT2D eigenvalue weighted by molar-refractivity contribution is 7.89. The van der Waals surface area contributed by atoms with E-state index in [0.717, 1.165) is 5.56 Å². The van der Waals surface area contributed by atoms with E-state index in [2.05, 4.69) is 0 Å². The second-order valence-electron chi connectivity index (χ2n) is 5.78. The summed E-state index contributed by atoms with van der Waals surface area (Å²) in [6.07, 6.45) is 0. The Kier molecular flexibility index (Phi) is 5.22. The van der Waals surface area contributed by atoms with Crippen molar-refractivity contribution in [1.82, 2.24) is 9.21 Å². The Bertz CT molecular complexity index is 826. The van der Waals surface area contributed by atoms with Crippen LogP contribution >= 0.6 is 0 Å². The number of morpholine rings is 1. The molecule has 8 heteroatoms. The standard InChI is InChI=1S/C17H20N2O5S/c1-18(13-14-5-3-2-4-6-14)17(20)15-7-8-16(24-15)25(21,22)19-9-11-23-12-10-19/h2-8H,9-13H2,1H3. The largest absolute Gasteiger partial charge is 0.438 e. The fourth-order valence-corrected chi connectivity index (χ4v) is 3.92. The highest BCUT2D eigenvalue weighted by atomic mass is 32.2. The van der Waals surface area contributed by atoms with E-state index < -0.39 is 10.0 Å². The summed E-state index contributed by atoms with van der Waals surface area (Å²) in [7, 11) is -2.10. The summed E-state index contributed by atoms with van der Waals surface area (Å²) in [5.74, 6) is -0.363. The molecule has 7 nitrogen and oxygen atoms in total.